The van der Waals surface area contributed by atoms with Crippen LogP contribution in [0.25, 0.3) is 0 Å². The minimum atomic E-state index is -0.548. The maximum atomic E-state index is 13.0. The first-order valence-corrected chi connectivity index (χ1v) is 8.89. The minimum absolute atomic E-state index is 0.137. The zero-order valence-corrected chi connectivity index (χ0v) is 14.7. The first-order chi connectivity index (χ1) is 13.2. The number of piperazine rings is 1. The molecule has 2 amide bonds. The van der Waals surface area contributed by atoms with E-state index in [-0.39, 0.29) is 17.6 Å². The van der Waals surface area contributed by atoms with E-state index in [2.05, 4.69) is 10.4 Å². The molecule has 1 atom stereocenters. The molecule has 7 heteroatoms. The standard InChI is InChI=1S/C20H20N4O3/c25-19-17(13-15-5-2-1-3-6-15)24(12-10-21-19)20(26)18-8-7-16(27-18)14-23-11-4-9-22-23/h1-9,11,17H,10,12-14H2,(H,21,25)/t17-/m0/s1. The fourth-order valence-corrected chi connectivity index (χ4v) is 3.27. The van der Waals surface area contributed by atoms with Gasteiger partial charge in [-0.15, -0.1) is 0 Å². The van der Waals surface area contributed by atoms with Gasteiger partial charge in [-0.05, 0) is 23.8 Å². The van der Waals surface area contributed by atoms with Crippen molar-refractivity contribution < 1.29 is 14.0 Å². The van der Waals surface area contributed by atoms with Gasteiger partial charge in [-0.2, -0.15) is 5.10 Å². The third-order valence-electron chi connectivity index (χ3n) is 4.61. The van der Waals surface area contributed by atoms with Gasteiger partial charge in [-0.1, -0.05) is 30.3 Å². The number of benzene rings is 1. The molecule has 0 unspecified atom stereocenters. The summed E-state index contributed by atoms with van der Waals surface area (Å²) < 4.78 is 7.44. The first kappa shape index (κ1) is 17.1. The van der Waals surface area contributed by atoms with E-state index in [0.29, 0.717) is 31.8 Å². The molecule has 0 radical (unpaired) electrons. The summed E-state index contributed by atoms with van der Waals surface area (Å²) in [5.41, 5.74) is 1.01. The van der Waals surface area contributed by atoms with Gasteiger partial charge in [0.25, 0.3) is 5.91 Å². The Hall–Kier alpha value is -3.35. The van der Waals surface area contributed by atoms with E-state index in [1.807, 2.05) is 42.6 Å². The fourth-order valence-electron chi connectivity index (χ4n) is 3.27. The van der Waals surface area contributed by atoms with Crippen molar-refractivity contribution in [2.45, 2.75) is 19.0 Å². The van der Waals surface area contributed by atoms with Crippen molar-refractivity contribution in [3.05, 3.63) is 78.0 Å². The van der Waals surface area contributed by atoms with E-state index >= 15 is 0 Å². The van der Waals surface area contributed by atoms with Crippen molar-refractivity contribution >= 4 is 11.8 Å². The number of rotatable bonds is 5. The average molecular weight is 364 g/mol. The molecular formula is C20H20N4O3. The monoisotopic (exact) mass is 364 g/mol. The van der Waals surface area contributed by atoms with Crippen LogP contribution < -0.4 is 5.32 Å². The van der Waals surface area contributed by atoms with Gasteiger partial charge in [-0.25, -0.2) is 0 Å². The van der Waals surface area contributed by atoms with Gasteiger partial charge in [0.15, 0.2) is 5.76 Å². The molecule has 3 heterocycles. The van der Waals surface area contributed by atoms with Crippen LogP contribution >= 0.6 is 0 Å². The predicted molar refractivity (Wildman–Crippen MR) is 98.0 cm³/mol. The van der Waals surface area contributed by atoms with Gasteiger partial charge in [0.05, 0.1) is 6.54 Å². The summed E-state index contributed by atoms with van der Waals surface area (Å²) in [6.07, 6.45) is 3.99. The van der Waals surface area contributed by atoms with Gasteiger partial charge in [0.1, 0.15) is 11.8 Å². The van der Waals surface area contributed by atoms with Gasteiger partial charge in [0.2, 0.25) is 5.91 Å². The van der Waals surface area contributed by atoms with E-state index in [0.717, 1.165) is 5.56 Å². The number of aromatic nitrogens is 2. The van der Waals surface area contributed by atoms with Crippen molar-refractivity contribution in [1.82, 2.24) is 20.0 Å². The number of hydrogen-bond acceptors (Lipinski definition) is 4. The molecule has 0 spiro atoms. The Morgan fingerprint density at radius 1 is 1.19 bits per heavy atom. The lowest BCUT2D eigenvalue weighted by Crippen LogP contribution is -2.58. The number of nitrogens with zero attached hydrogens (tertiary/aromatic N) is 3. The molecule has 1 aromatic carbocycles. The van der Waals surface area contributed by atoms with Crippen LogP contribution in [0.1, 0.15) is 21.9 Å². The third-order valence-corrected chi connectivity index (χ3v) is 4.61. The number of furan rings is 1. The Morgan fingerprint density at radius 2 is 2.04 bits per heavy atom. The lowest BCUT2D eigenvalue weighted by molar-refractivity contribution is -0.127. The van der Waals surface area contributed by atoms with Gasteiger partial charge >= 0.3 is 0 Å². The minimum Gasteiger partial charge on any atom is -0.454 e. The molecule has 2 aromatic heterocycles. The molecule has 4 rings (SSSR count). The fraction of sp³-hybridized carbons (Fsp3) is 0.250. The second-order valence-corrected chi connectivity index (χ2v) is 6.46. The molecule has 1 aliphatic rings. The summed E-state index contributed by atoms with van der Waals surface area (Å²) in [5.74, 6) is 0.479. The highest BCUT2D eigenvalue weighted by Crippen LogP contribution is 2.18. The van der Waals surface area contributed by atoms with Crippen LogP contribution in [0, 0.1) is 0 Å². The molecule has 1 aliphatic heterocycles. The smallest absolute Gasteiger partial charge is 0.290 e. The Labute approximate surface area is 156 Å². The van der Waals surface area contributed by atoms with Gasteiger partial charge in [-0.3, -0.25) is 14.3 Å². The van der Waals surface area contributed by atoms with Crippen LogP contribution in [-0.2, 0) is 17.8 Å². The maximum Gasteiger partial charge on any atom is 0.290 e. The lowest BCUT2D eigenvalue weighted by atomic mass is 10.0. The summed E-state index contributed by atoms with van der Waals surface area (Å²) in [5, 5.41) is 6.98. The molecular weight excluding hydrogens is 344 g/mol. The number of carbonyl (C=O) groups is 2. The van der Waals surface area contributed by atoms with Crippen LogP contribution in [-0.4, -0.2) is 45.6 Å². The zero-order valence-electron chi connectivity index (χ0n) is 14.7. The Kier molecular flexibility index (Phi) is 4.74. The summed E-state index contributed by atoms with van der Waals surface area (Å²) >= 11 is 0. The highest BCUT2D eigenvalue weighted by molar-refractivity contribution is 5.96. The Morgan fingerprint density at radius 3 is 2.81 bits per heavy atom. The predicted octanol–water partition coefficient (Wildman–Crippen LogP) is 1.71. The van der Waals surface area contributed by atoms with E-state index < -0.39 is 6.04 Å². The second-order valence-electron chi connectivity index (χ2n) is 6.46. The normalized spacial score (nSPS) is 17.0. The lowest BCUT2D eigenvalue weighted by Gasteiger charge is -2.34. The van der Waals surface area contributed by atoms with E-state index in [9.17, 15) is 9.59 Å². The maximum absolute atomic E-state index is 13.0. The second kappa shape index (κ2) is 7.49. The van der Waals surface area contributed by atoms with E-state index in [1.54, 1.807) is 27.9 Å². The molecule has 27 heavy (non-hydrogen) atoms. The number of amides is 2. The number of nitrogens with one attached hydrogen (secondary N) is 1. The summed E-state index contributed by atoms with van der Waals surface area (Å²) in [4.78, 5) is 27.0. The molecule has 0 bridgehead atoms. The Bertz CT molecular complexity index is 918. The molecule has 1 saturated heterocycles. The molecule has 3 aromatic rings. The SMILES string of the molecule is O=C1NCCN(C(=O)c2ccc(Cn3cccn3)o2)[C@H]1Cc1ccccc1. The first-order valence-electron chi connectivity index (χ1n) is 8.89. The molecule has 1 fully saturated rings. The largest absolute Gasteiger partial charge is 0.454 e. The molecule has 0 saturated carbocycles. The van der Waals surface area contributed by atoms with Crippen molar-refractivity contribution in [2.24, 2.45) is 0 Å². The molecule has 0 aliphatic carbocycles. The van der Waals surface area contributed by atoms with Crippen LogP contribution in [0.15, 0.2) is 65.3 Å². The summed E-state index contributed by atoms with van der Waals surface area (Å²) in [6, 6.07) is 14.4. The Balaban J connectivity index is 1.52. The summed E-state index contributed by atoms with van der Waals surface area (Å²) in [7, 11) is 0. The van der Waals surface area contributed by atoms with Crippen LogP contribution in [0.2, 0.25) is 0 Å². The van der Waals surface area contributed by atoms with Crippen LogP contribution in [0.3, 0.4) is 0 Å². The molecule has 7 nitrogen and oxygen atoms in total. The highest BCUT2D eigenvalue weighted by Gasteiger charge is 2.34. The highest BCUT2D eigenvalue weighted by atomic mass is 16.4. The molecule has 1 N–H and O–H groups in total. The van der Waals surface area contributed by atoms with Crippen LogP contribution in [0.4, 0.5) is 0 Å². The molecule has 138 valence electrons. The van der Waals surface area contributed by atoms with Crippen molar-refractivity contribution in [3.8, 4) is 0 Å². The van der Waals surface area contributed by atoms with Crippen molar-refractivity contribution in [2.75, 3.05) is 13.1 Å². The number of hydrogen-bond donors (Lipinski definition) is 1. The van der Waals surface area contributed by atoms with Gasteiger partial charge in [0, 0.05) is 31.9 Å². The van der Waals surface area contributed by atoms with E-state index in [1.165, 1.54) is 0 Å². The third kappa shape index (κ3) is 3.76. The summed E-state index contributed by atoms with van der Waals surface area (Å²) in [6.45, 7) is 1.35. The quantitative estimate of drug-likeness (QED) is 0.747. The topological polar surface area (TPSA) is 80.4 Å². The van der Waals surface area contributed by atoms with Gasteiger partial charge < -0.3 is 14.6 Å². The average Bonchev–Trinajstić information content (AvgIpc) is 3.36. The number of carbonyl (C=O) groups excluding carboxylic acids is 2. The van der Waals surface area contributed by atoms with Crippen molar-refractivity contribution in [1.29, 1.82) is 0 Å². The zero-order chi connectivity index (χ0) is 18.6. The van der Waals surface area contributed by atoms with Crippen molar-refractivity contribution in [3.63, 3.8) is 0 Å². The van der Waals surface area contributed by atoms with E-state index in [4.69, 9.17) is 4.42 Å². The van der Waals surface area contributed by atoms with Crippen LogP contribution in [0.5, 0.6) is 0 Å².